The molecular formula is C11H9BrO2. The fourth-order valence-corrected chi connectivity index (χ4v) is 1.81. The fourth-order valence-electron chi connectivity index (χ4n) is 1.53. The van der Waals surface area contributed by atoms with E-state index in [-0.39, 0.29) is 11.9 Å². The van der Waals surface area contributed by atoms with Gasteiger partial charge in [-0.2, -0.15) is 0 Å². The lowest BCUT2D eigenvalue weighted by atomic mass is 9.97. The second-order valence-corrected chi connectivity index (χ2v) is 3.62. The third-order valence-corrected chi connectivity index (χ3v) is 2.76. The number of allylic oxidation sites excluding steroid dienone is 1. The summed E-state index contributed by atoms with van der Waals surface area (Å²) in [4.78, 5) is 13.1. The van der Waals surface area contributed by atoms with E-state index in [9.17, 15) is 4.79 Å². The smallest absolute Gasteiger partial charge is 0.318 e. The number of hydrogen-bond acceptors (Lipinski definition) is 2. The van der Waals surface area contributed by atoms with Crippen LogP contribution in [0.4, 0.5) is 0 Å². The van der Waals surface area contributed by atoms with Crippen molar-refractivity contribution in [3.05, 3.63) is 46.6 Å². The number of rotatable bonds is 1. The Kier molecular flexibility index (Phi) is 2.68. The molecule has 1 atom stereocenters. The van der Waals surface area contributed by atoms with Crippen molar-refractivity contribution < 1.29 is 9.53 Å². The molecule has 0 amide bonds. The summed E-state index contributed by atoms with van der Waals surface area (Å²) in [6.07, 6.45) is 0.647. The Balaban J connectivity index is 2.25. The second kappa shape index (κ2) is 3.96. The first-order valence-corrected chi connectivity index (χ1v) is 5.28. The van der Waals surface area contributed by atoms with Gasteiger partial charge in [-0.05, 0) is 5.56 Å². The molecule has 0 radical (unpaired) electrons. The molecule has 1 saturated heterocycles. The third kappa shape index (κ3) is 1.73. The van der Waals surface area contributed by atoms with Crippen molar-refractivity contribution in [2.45, 2.75) is 12.3 Å². The summed E-state index contributed by atoms with van der Waals surface area (Å²) >= 11 is 3.16. The lowest BCUT2D eigenvalue weighted by molar-refractivity contribution is -0.136. The Morgan fingerprint density at radius 3 is 2.64 bits per heavy atom. The van der Waals surface area contributed by atoms with Gasteiger partial charge in [-0.3, -0.25) is 4.79 Å². The van der Waals surface area contributed by atoms with Gasteiger partial charge in [-0.25, -0.2) is 0 Å². The predicted octanol–water partition coefficient (Wildman–Crippen LogP) is 2.95. The molecule has 1 aliphatic rings. The average Bonchev–Trinajstić information content (AvgIpc) is 2.61. The highest BCUT2D eigenvalue weighted by molar-refractivity contribution is 9.11. The van der Waals surface area contributed by atoms with Crippen LogP contribution in [0.1, 0.15) is 17.9 Å². The zero-order valence-electron chi connectivity index (χ0n) is 7.44. The molecule has 0 saturated carbocycles. The summed E-state index contributed by atoms with van der Waals surface area (Å²) in [5.41, 5.74) is 1.02. The van der Waals surface area contributed by atoms with Crippen LogP contribution in [-0.4, -0.2) is 5.97 Å². The topological polar surface area (TPSA) is 26.3 Å². The molecule has 1 aromatic rings. The van der Waals surface area contributed by atoms with Crippen molar-refractivity contribution in [1.29, 1.82) is 0 Å². The van der Waals surface area contributed by atoms with Gasteiger partial charge in [0.05, 0.1) is 5.92 Å². The summed E-state index contributed by atoms with van der Waals surface area (Å²) in [5, 5.41) is 0. The summed E-state index contributed by atoms with van der Waals surface area (Å²) in [5.74, 6) is 0.394. The molecule has 1 heterocycles. The largest absolute Gasteiger partial charge is 0.430 e. The van der Waals surface area contributed by atoms with Gasteiger partial charge < -0.3 is 4.74 Å². The minimum absolute atomic E-state index is 0.139. The zero-order valence-corrected chi connectivity index (χ0v) is 9.03. The van der Waals surface area contributed by atoms with Crippen LogP contribution in [0.3, 0.4) is 0 Å². The van der Waals surface area contributed by atoms with Crippen LogP contribution in [0, 0.1) is 0 Å². The number of cyclic esters (lactones) is 1. The van der Waals surface area contributed by atoms with E-state index >= 15 is 0 Å². The number of esters is 1. The highest BCUT2D eigenvalue weighted by Gasteiger charge is 2.31. The molecule has 0 aliphatic carbocycles. The normalized spacial score (nSPS) is 23.9. The fraction of sp³-hybridized carbons (Fsp3) is 0.182. The number of hydrogen-bond donors (Lipinski definition) is 0. The SMILES string of the molecule is O=C1OC(=CBr)CC1c1ccccc1. The Morgan fingerprint density at radius 1 is 1.36 bits per heavy atom. The zero-order chi connectivity index (χ0) is 9.97. The maximum atomic E-state index is 11.5. The van der Waals surface area contributed by atoms with Crippen molar-refractivity contribution in [2.75, 3.05) is 0 Å². The number of ether oxygens (including phenoxy) is 1. The Bertz CT molecular complexity index is 370. The van der Waals surface area contributed by atoms with E-state index in [0.717, 1.165) is 5.56 Å². The standard InChI is InChI=1S/C11H9BrO2/c12-7-9-6-10(11(13)14-9)8-4-2-1-3-5-8/h1-5,7,10H,6H2. The first-order chi connectivity index (χ1) is 6.81. The summed E-state index contributed by atoms with van der Waals surface area (Å²) in [7, 11) is 0. The number of benzene rings is 1. The number of carbonyl (C=O) groups is 1. The van der Waals surface area contributed by atoms with E-state index < -0.39 is 0 Å². The van der Waals surface area contributed by atoms with Gasteiger partial charge in [0.25, 0.3) is 0 Å². The van der Waals surface area contributed by atoms with E-state index in [4.69, 9.17) is 4.74 Å². The highest BCUT2D eigenvalue weighted by Crippen LogP contribution is 2.33. The minimum atomic E-state index is -0.165. The van der Waals surface area contributed by atoms with Crippen LogP contribution in [0.5, 0.6) is 0 Å². The van der Waals surface area contributed by atoms with Crippen molar-refractivity contribution in [3.63, 3.8) is 0 Å². The van der Waals surface area contributed by atoms with E-state index in [1.165, 1.54) is 0 Å². The van der Waals surface area contributed by atoms with Crippen molar-refractivity contribution >= 4 is 21.9 Å². The van der Waals surface area contributed by atoms with Gasteiger partial charge >= 0.3 is 5.97 Å². The van der Waals surface area contributed by atoms with Gasteiger partial charge in [0, 0.05) is 11.4 Å². The monoisotopic (exact) mass is 252 g/mol. The van der Waals surface area contributed by atoms with Crippen LogP contribution >= 0.6 is 15.9 Å². The Morgan fingerprint density at radius 2 is 2.07 bits per heavy atom. The van der Waals surface area contributed by atoms with E-state index in [2.05, 4.69) is 15.9 Å². The molecule has 2 rings (SSSR count). The third-order valence-electron chi connectivity index (χ3n) is 2.25. The molecule has 1 unspecified atom stereocenters. The van der Waals surface area contributed by atoms with Crippen LogP contribution < -0.4 is 0 Å². The van der Waals surface area contributed by atoms with E-state index in [1.807, 2.05) is 30.3 Å². The van der Waals surface area contributed by atoms with Crippen molar-refractivity contribution in [2.24, 2.45) is 0 Å². The van der Waals surface area contributed by atoms with Crippen molar-refractivity contribution in [1.82, 2.24) is 0 Å². The molecule has 2 nitrogen and oxygen atoms in total. The van der Waals surface area contributed by atoms with Crippen LogP contribution in [0.2, 0.25) is 0 Å². The minimum Gasteiger partial charge on any atom is -0.430 e. The Labute approximate surface area is 90.7 Å². The molecular weight excluding hydrogens is 244 g/mol. The first kappa shape index (κ1) is 9.46. The lowest BCUT2D eigenvalue weighted by Gasteiger charge is -2.03. The summed E-state index contributed by atoms with van der Waals surface area (Å²) < 4.78 is 5.05. The van der Waals surface area contributed by atoms with Crippen LogP contribution in [0.15, 0.2) is 41.1 Å². The summed E-state index contributed by atoms with van der Waals surface area (Å²) in [6, 6.07) is 9.69. The van der Waals surface area contributed by atoms with E-state index in [1.54, 1.807) is 4.99 Å². The molecule has 1 fully saturated rings. The maximum absolute atomic E-state index is 11.5. The molecule has 1 aromatic carbocycles. The lowest BCUT2D eigenvalue weighted by Crippen LogP contribution is -2.04. The second-order valence-electron chi connectivity index (χ2n) is 3.16. The first-order valence-electron chi connectivity index (χ1n) is 4.37. The van der Waals surface area contributed by atoms with Crippen LogP contribution in [0.25, 0.3) is 0 Å². The van der Waals surface area contributed by atoms with Crippen LogP contribution in [-0.2, 0) is 9.53 Å². The van der Waals surface area contributed by atoms with Gasteiger partial charge in [-0.15, -0.1) is 0 Å². The molecule has 0 spiro atoms. The van der Waals surface area contributed by atoms with Gasteiger partial charge in [-0.1, -0.05) is 46.3 Å². The molecule has 0 N–H and O–H groups in total. The van der Waals surface area contributed by atoms with E-state index in [0.29, 0.717) is 12.2 Å². The highest BCUT2D eigenvalue weighted by atomic mass is 79.9. The quantitative estimate of drug-likeness (QED) is 0.719. The van der Waals surface area contributed by atoms with Gasteiger partial charge in [0.15, 0.2) is 0 Å². The molecule has 3 heteroatoms. The van der Waals surface area contributed by atoms with Gasteiger partial charge in [0.1, 0.15) is 5.76 Å². The number of carbonyl (C=O) groups excluding carboxylic acids is 1. The number of halogens is 1. The maximum Gasteiger partial charge on any atom is 0.318 e. The van der Waals surface area contributed by atoms with Gasteiger partial charge in [0.2, 0.25) is 0 Å². The summed E-state index contributed by atoms with van der Waals surface area (Å²) in [6.45, 7) is 0. The molecule has 1 aliphatic heterocycles. The molecule has 14 heavy (non-hydrogen) atoms. The average molecular weight is 253 g/mol. The molecule has 0 aromatic heterocycles. The Hall–Kier alpha value is -1.09. The molecule has 0 bridgehead atoms. The van der Waals surface area contributed by atoms with Crippen molar-refractivity contribution in [3.8, 4) is 0 Å². The predicted molar refractivity (Wildman–Crippen MR) is 56.9 cm³/mol. The molecule has 72 valence electrons.